The molecule has 0 aromatic rings. The molecule has 0 unspecified atom stereocenters. The van der Waals surface area contributed by atoms with Gasteiger partial charge in [0.15, 0.2) is 0 Å². The fourth-order valence-corrected chi connectivity index (χ4v) is 1.66. The van der Waals surface area contributed by atoms with E-state index in [1.807, 2.05) is 7.05 Å². The maximum Gasteiger partial charge on any atom is 0.208 e. The normalized spacial score (nSPS) is 12.0. The molecule has 0 fully saturated rings. The molecule has 0 heterocycles. The monoisotopic (exact) mass is 230 g/mol. The number of nitrogens with two attached hydrogens (primary N) is 1. The minimum absolute atomic E-state index is 0.484. The second-order valence-electron chi connectivity index (χ2n) is 3.78. The van der Waals surface area contributed by atoms with Crippen LogP contribution in [-0.2, 0) is 4.74 Å². The molecule has 16 heavy (non-hydrogen) atoms. The van der Waals surface area contributed by atoms with Crippen molar-refractivity contribution in [2.24, 2.45) is 10.8 Å². The molecule has 5 heteroatoms. The van der Waals surface area contributed by atoms with Crippen LogP contribution in [0.25, 0.3) is 0 Å². The van der Waals surface area contributed by atoms with Crippen molar-refractivity contribution < 1.29 is 4.74 Å². The van der Waals surface area contributed by atoms with E-state index in [1.54, 1.807) is 7.11 Å². The van der Waals surface area contributed by atoms with Gasteiger partial charge in [-0.15, -0.1) is 0 Å². The molecule has 96 valence electrons. The second kappa shape index (κ2) is 9.42. The molecule has 0 spiro atoms. The zero-order chi connectivity index (χ0) is 12.4. The smallest absolute Gasteiger partial charge is 0.208 e. The van der Waals surface area contributed by atoms with Gasteiger partial charge in [0.05, 0.1) is 0 Å². The Labute approximate surface area is 99.0 Å². The maximum atomic E-state index is 5.48. The standard InChI is InChI=1S/C11H26N4O/c1-5-10(6-2)15(3)11(14-12)13-8-7-9-16-4/h10H,5-9,12H2,1-4H3,(H,13,14). The van der Waals surface area contributed by atoms with Crippen LogP contribution in [0.5, 0.6) is 0 Å². The van der Waals surface area contributed by atoms with Gasteiger partial charge in [0, 0.05) is 33.4 Å². The number of nitrogens with zero attached hydrogens (tertiary/aromatic N) is 2. The van der Waals surface area contributed by atoms with E-state index in [-0.39, 0.29) is 0 Å². The maximum absolute atomic E-state index is 5.48. The molecule has 0 aromatic heterocycles. The fourth-order valence-electron chi connectivity index (χ4n) is 1.66. The lowest BCUT2D eigenvalue weighted by Gasteiger charge is -2.28. The van der Waals surface area contributed by atoms with Gasteiger partial charge in [-0.05, 0) is 19.3 Å². The number of methoxy groups -OCH3 is 1. The van der Waals surface area contributed by atoms with Gasteiger partial charge in [0.1, 0.15) is 0 Å². The number of hydrogen-bond acceptors (Lipinski definition) is 3. The summed E-state index contributed by atoms with van der Waals surface area (Å²) in [5.41, 5.74) is 2.66. The van der Waals surface area contributed by atoms with Gasteiger partial charge in [-0.25, -0.2) is 5.84 Å². The molecule has 0 saturated carbocycles. The van der Waals surface area contributed by atoms with E-state index in [2.05, 4.69) is 29.2 Å². The average molecular weight is 230 g/mol. The summed E-state index contributed by atoms with van der Waals surface area (Å²) in [4.78, 5) is 6.53. The molecule has 0 radical (unpaired) electrons. The molecule has 0 atom stereocenters. The number of rotatable bonds is 7. The van der Waals surface area contributed by atoms with Crippen LogP contribution in [0.4, 0.5) is 0 Å². The molecule has 0 bridgehead atoms. The van der Waals surface area contributed by atoms with E-state index in [9.17, 15) is 0 Å². The highest BCUT2D eigenvalue weighted by Crippen LogP contribution is 2.05. The van der Waals surface area contributed by atoms with Crippen molar-refractivity contribution in [3.63, 3.8) is 0 Å². The average Bonchev–Trinajstić information content (AvgIpc) is 2.30. The summed E-state index contributed by atoms with van der Waals surface area (Å²) in [6.45, 7) is 5.81. The third-order valence-electron chi connectivity index (χ3n) is 2.72. The molecule has 0 aliphatic rings. The quantitative estimate of drug-likeness (QED) is 0.225. The molecular weight excluding hydrogens is 204 g/mol. The zero-order valence-corrected chi connectivity index (χ0v) is 11.0. The van der Waals surface area contributed by atoms with Crippen LogP contribution in [0.2, 0.25) is 0 Å². The molecule has 0 saturated heterocycles. The Bertz CT molecular complexity index is 192. The summed E-state index contributed by atoms with van der Waals surface area (Å²) < 4.78 is 4.97. The first-order valence-corrected chi connectivity index (χ1v) is 5.94. The van der Waals surface area contributed by atoms with Gasteiger partial charge in [-0.2, -0.15) is 0 Å². The van der Waals surface area contributed by atoms with Gasteiger partial charge in [-0.1, -0.05) is 13.8 Å². The minimum Gasteiger partial charge on any atom is -0.385 e. The number of hydrogen-bond donors (Lipinski definition) is 2. The molecular formula is C11H26N4O. The minimum atomic E-state index is 0.484. The summed E-state index contributed by atoms with van der Waals surface area (Å²) >= 11 is 0. The fraction of sp³-hybridized carbons (Fsp3) is 0.909. The van der Waals surface area contributed by atoms with Crippen molar-refractivity contribution in [1.82, 2.24) is 10.3 Å². The zero-order valence-electron chi connectivity index (χ0n) is 11.0. The van der Waals surface area contributed by atoms with Crippen LogP contribution in [-0.4, -0.2) is 44.2 Å². The third kappa shape index (κ3) is 5.32. The van der Waals surface area contributed by atoms with Crippen molar-refractivity contribution in [1.29, 1.82) is 0 Å². The van der Waals surface area contributed by atoms with E-state index in [4.69, 9.17) is 10.6 Å². The van der Waals surface area contributed by atoms with E-state index >= 15 is 0 Å². The lowest BCUT2D eigenvalue weighted by Crippen LogP contribution is -2.47. The summed E-state index contributed by atoms with van der Waals surface area (Å²) in [5.74, 6) is 6.24. The van der Waals surface area contributed by atoms with Crippen LogP contribution >= 0.6 is 0 Å². The molecule has 3 N–H and O–H groups in total. The van der Waals surface area contributed by atoms with Crippen molar-refractivity contribution in [3.05, 3.63) is 0 Å². The Balaban J connectivity index is 4.23. The predicted molar refractivity (Wildman–Crippen MR) is 68.3 cm³/mol. The number of aliphatic imine (C=N–C) groups is 1. The van der Waals surface area contributed by atoms with Crippen LogP contribution in [0.1, 0.15) is 33.1 Å². The summed E-state index contributed by atoms with van der Waals surface area (Å²) in [7, 11) is 3.72. The number of guanidine groups is 1. The lowest BCUT2D eigenvalue weighted by atomic mass is 10.1. The topological polar surface area (TPSA) is 62.9 Å². The van der Waals surface area contributed by atoms with Crippen LogP contribution in [0.3, 0.4) is 0 Å². The number of hydrazine groups is 1. The molecule has 0 aromatic carbocycles. The Hall–Kier alpha value is -0.810. The first-order valence-electron chi connectivity index (χ1n) is 5.94. The Morgan fingerprint density at radius 3 is 2.50 bits per heavy atom. The van der Waals surface area contributed by atoms with Gasteiger partial charge in [0.25, 0.3) is 0 Å². The largest absolute Gasteiger partial charge is 0.385 e. The van der Waals surface area contributed by atoms with Crippen molar-refractivity contribution in [2.45, 2.75) is 39.2 Å². The van der Waals surface area contributed by atoms with Crippen molar-refractivity contribution >= 4 is 5.96 Å². The summed E-state index contributed by atoms with van der Waals surface area (Å²) in [6, 6.07) is 0.484. The molecule has 0 aliphatic heterocycles. The molecule has 0 aliphatic carbocycles. The van der Waals surface area contributed by atoms with E-state index in [1.165, 1.54) is 0 Å². The Morgan fingerprint density at radius 1 is 1.44 bits per heavy atom. The number of nitrogens with one attached hydrogen (secondary N) is 1. The Morgan fingerprint density at radius 2 is 2.06 bits per heavy atom. The van der Waals surface area contributed by atoms with Gasteiger partial charge >= 0.3 is 0 Å². The van der Waals surface area contributed by atoms with E-state index < -0.39 is 0 Å². The highest BCUT2D eigenvalue weighted by molar-refractivity contribution is 5.79. The van der Waals surface area contributed by atoms with E-state index in [0.717, 1.165) is 38.4 Å². The highest BCUT2D eigenvalue weighted by Gasteiger charge is 2.13. The summed E-state index contributed by atoms with van der Waals surface area (Å²) in [6.07, 6.45) is 3.09. The van der Waals surface area contributed by atoms with Gasteiger partial charge in [0.2, 0.25) is 5.96 Å². The van der Waals surface area contributed by atoms with Crippen LogP contribution in [0.15, 0.2) is 4.99 Å². The summed E-state index contributed by atoms with van der Waals surface area (Å²) in [5, 5.41) is 0. The second-order valence-corrected chi connectivity index (χ2v) is 3.78. The van der Waals surface area contributed by atoms with Crippen LogP contribution < -0.4 is 11.3 Å². The highest BCUT2D eigenvalue weighted by atomic mass is 16.5. The lowest BCUT2D eigenvalue weighted by molar-refractivity contribution is 0.196. The van der Waals surface area contributed by atoms with Gasteiger partial charge < -0.3 is 9.64 Å². The van der Waals surface area contributed by atoms with Crippen LogP contribution in [0, 0.1) is 0 Å². The number of ether oxygens (including phenoxy) is 1. The Kier molecular flexibility index (Phi) is 8.94. The molecule has 0 amide bonds. The molecule has 5 nitrogen and oxygen atoms in total. The SMILES string of the molecule is CCC(CC)N(C)C(=NCCCOC)NN. The van der Waals surface area contributed by atoms with Gasteiger partial charge in [-0.3, -0.25) is 10.4 Å². The molecule has 0 rings (SSSR count). The van der Waals surface area contributed by atoms with Crippen molar-refractivity contribution in [2.75, 3.05) is 27.3 Å². The van der Waals surface area contributed by atoms with E-state index in [0.29, 0.717) is 6.04 Å². The van der Waals surface area contributed by atoms with Crippen molar-refractivity contribution in [3.8, 4) is 0 Å². The third-order valence-corrected chi connectivity index (χ3v) is 2.72. The first-order chi connectivity index (χ1) is 7.71. The first kappa shape index (κ1) is 15.2. The predicted octanol–water partition coefficient (Wildman–Crippen LogP) is 0.963.